The topological polar surface area (TPSA) is 9.23 Å². The summed E-state index contributed by atoms with van der Waals surface area (Å²) in [5.41, 5.74) is 0.316. The maximum atomic E-state index is 6.94. The van der Waals surface area contributed by atoms with E-state index in [1.165, 1.54) is 19.3 Å². The number of hydrogen-bond acceptors (Lipinski definition) is 1. The van der Waals surface area contributed by atoms with Crippen LogP contribution in [0, 0.1) is 35.5 Å². The summed E-state index contributed by atoms with van der Waals surface area (Å²) in [7, 11) is 1.95. The van der Waals surface area contributed by atoms with Crippen LogP contribution in [-0.4, -0.2) is 17.6 Å². The summed E-state index contributed by atoms with van der Waals surface area (Å²) in [6.07, 6.45) is 4.12. The molecule has 0 aliphatic heterocycles. The van der Waals surface area contributed by atoms with Crippen molar-refractivity contribution in [1.29, 1.82) is 0 Å². The quantitative estimate of drug-likeness (QED) is 0.604. The first kappa shape index (κ1) is 7.51. The summed E-state index contributed by atoms with van der Waals surface area (Å²) < 4.78 is 6.01. The van der Waals surface area contributed by atoms with Crippen LogP contribution >= 0.6 is 11.6 Å². The lowest BCUT2D eigenvalue weighted by molar-refractivity contribution is -0.112. The summed E-state index contributed by atoms with van der Waals surface area (Å²) >= 11 is 6.94. The van der Waals surface area contributed by atoms with Gasteiger partial charge in [-0.05, 0) is 54.8 Å². The van der Waals surface area contributed by atoms with Crippen molar-refractivity contribution in [3.8, 4) is 0 Å². The van der Waals surface area contributed by atoms with Gasteiger partial charge in [0, 0.05) is 7.11 Å². The third-order valence-electron chi connectivity index (χ3n) is 6.17. The zero-order chi connectivity index (χ0) is 9.29. The molecule has 6 unspecified atom stereocenters. The van der Waals surface area contributed by atoms with E-state index in [-0.39, 0.29) is 4.87 Å². The lowest BCUT2D eigenvalue weighted by Crippen LogP contribution is -2.55. The number of methoxy groups -OCH3 is 1. The Kier molecular flexibility index (Phi) is 0.909. The van der Waals surface area contributed by atoms with Gasteiger partial charge in [-0.1, -0.05) is 0 Å². The molecule has 1 nitrogen and oxygen atoms in total. The first-order valence-electron chi connectivity index (χ1n) is 5.98. The monoisotopic (exact) mass is 210 g/mol. The Morgan fingerprint density at radius 2 is 1.36 bits per heavy atom. The summed E-state index contributed by atoms with van der Waals surface area (Å²) in [4.78, 5) is 0.250. The lowest BCUT2D eigenvalue weighted by Gasteiger charge is -2.48. The first-order valence-corrected chi connectivity index (χ1v) is 6.36. The minimum atomic E-state index is 0.250. The lowest BCUT2D eigenvalue weighted by atomic mass is 9.67. The van der Waals surface area contributed by atoms with Gasteiger partial charge in [-0.25, -0.2) is 0 Å². The van der Waals surface area contributed by atoms with Crippen LogP contribution < -0.4 is 0 Å². The molecule has 0 aromatic heterocycles. The molecule has 6 aliphatic rings. The van der Waals surface area contributed by atoms with Crippen LogP contribution in [0.15, 0.2) is 0 Å². The zero-order valence-corrected chi connectivity index (χ0v) is 9.13. The van der Waals surface area contributed by atoms with E-state index in [1.54, 1.807) is 0 Å². The SMILES string of the molecule is COC12C3CC3C(Cl)(C3CC31)C1CC12. The molecular weight excluding hydrogens is 196 g/mol. The molecule has 2 bridgehead atoms. The summed E-state index contributed by atoms with van der Waals surface area (Å²) in [6, 6.07) is 0. The van der Waals surface area contributed by atoms with Crippen molar-refractivity contribution in [2.75, 3.05) is 7.11 Å². The van der Waals surface area contributed by atoms with Crippen molar-refractivity contribution in [3.05, 3.63) is 0 Å². The second-order valence-electron chi connectivity index (χ2n) is 6.23. The molecule has 0 aromatic rings. The molecule has 76 valence electrons. The molecule has 6 fully saturated rings. The Labute approximate surface area is 89.1 Å². The Balaban J connectivity index is 1.77. The van der Waals surface area contributed by atoms with Gasteiger partial charge < -0.3 is 4.74 Å². The highest BCUT2D eigenvalue weighted by Crippen LogP contribution is 2.88. The Hall–Kier alpha value is 0.250. The Morgan fingerprint density at radius 3 is 1.71 bits per heavy atom. The number of alkyl halides is 1. The van der Waals surface area contributed by atoms with Crippen molar-refractivity contribution in [1.82, 2.24) is 0 Å². The maximum Gasteiger partial charge on any atom is 0.0772 e. The zero-order valence-electron chi connectivity index (χ0n) is 8.37. The molecule has 0 saturated heterocycles. The number of hydrogen-bond donors (Lipinski definition) is 0. The molecule has 14 heavy (non-hydrogen) atoms. The van der Waals surface area contributed by atoms with Crippen LogP contribution in [-0.2, 0) is 4.74 Å². The van der Waals surface area contributed by atoms with E-state index in [2.05, 4.69) is 0 Å². The van der Waals surface area contributed by atoms with Crippen molar-refractivity contribution >= 4 is 11.6 Å². The van der Waals surface area contributed by atoms with Gasteiger partial charge in [0.25, 0.3) is 0 Å². The largest absolute Gasteiger partial charge is 0.377 e. The molecule has 0 radical (unpaired) electrons. The van der Waals surface area contributed by atoms with E-state index in [9.17, 15) is 0 Å². The van der Waals surface area contributed by atoms with Crippen LogP contribution in [0.25, 0.3) is 0 Å². The van der Waals surface area contributed by atoms with Crippen molar-refractivity contribution < 1.29 is 4.74 Å². The van der Waals surface area contributed by atoms with E-state index in [1.807, 2.05) is 7.11 Å². The highest BCUT2D eigenvalue weighted by atomic mass is 35.5. The van der Waals surface area contributed by atoms with E-state index in [0.29, 0.717) is 5.60 Å². The van der Waals surface area contributed by atoms with Gasteiger partial charge in [0.15, 0.2) is 0 Å². The molecule has 2 heteroatoms. The normalized spacial score (nSPS) is 80.1. The standard InChI is InChI=1S/C12H15ClO/c1-14-12-8-2-5(8)11(13,6-3-9(6)12)7-4-10(7)12/h5-10H,2-4H2,1H3. The third-order valence-corrected chi connectivity index (χ3v) is 7.01. The number of rotatable bonds is 1. The van der Waals surface area contributed by atoms with E-state index >= 15 is 0 Å². The number of halogens is 1. The van der Waals surface area contributed by atoms with Gasteiger partial charge in [0.1, 0.15) is 0 Å². The van der Waals surface area contributed by atoms with Crippen molar-refractivity contribution in [2.45, 2.75) is 29.7 Å². The molecule has 0 heterocycles. The van der Waals surface area contributed by atoms with Crippen molar-refractivity contribution in [2.24, 2.45) is 35.5 Å². The molecule has 6 atom stereocenters. The van der Waals surface area contributed by atoms with E-state index in [0.717, 1.165) is 35.5 Å². The average molecular weight is 211 g/mol. The highest BCUT2D eigenvalue weighted by molar-refractivity contribution is 6.25. The Bertz CT molecular complexity index is 304. The van der Waals surface area contributed by atoms with Crippen molar-refractivity contribution in [3.63, 3.8) is 0 Å². The summed E-state index contributed by atoms with van der Waals surface area (Å²) in [5.74, 6) is 5.03. The molecule has 0 aromatic carbocycles. The van der Waals surface area contributed by atoms with Crippen LogP contribution in [0.2, 0.25) is 0 Å². The second-order valence-corrected chi connectivity index (χ2v) is 6.89. The predicted octanol–water partition coefficient (Wildman–Crippen LogP) is 2.28. The minimum Gasteiger partial charge on any atom is -0.377 e. The molecule has 6 saturated carbocycles. The average Bonchev–Trinajstić information content (AvgIpc) is 2.97. The third kappa shape index (κ3) is 0.473. The van der Waals surface area contributed by atoms with Crippen LogP contribution in [0.1, 0.15) is 19.3 Å². The molecule has 6 rings (SSSR count). The molecule has 0 amide bonds. The number of ether oxygens (including phenoxy) is 1. The van der Waals surface area contributed by atoms with Gasteiger partial charge in [-0.3, -0.25) is 0 Å². The first-order chi connectivity index (χ1) is 6.74. The van der Waals surface area contributed by atoms with E-state index < -0.39 is 0 Å². The fraction of sp³-hybridized carbons (Fsp3) is 1.00. The second kappa shape index (κ2) is 1.69. The Morgan fingerprint density at radius 1 is 0.929 bits per heavy atom. The van der Waals surface area contributed by atoms with Gasteiger partial charge in [-0.15, -0.1) is 11.6 Å². The van der Waals surface area contributed by atoms with Crippen LogP contribution in [0.5, 0.6) is 0 Å². The van der Waals surface area contributed by atoms with Crippen LogP contribution in [0.3, 0.4) is 0 Å². The van der Waals surface area contributed by atoms with Gasteiger partial charge >= 0.3 is 0 Å². The van der Waals surface area contributed by atoms with Gasteiger partial charge in [0.05, 0.1) is 10.5 Å². The molecular formula is C12H15ClO. The minimum absolute atomic E-state index is 0.250. The van der Waals surface area contributed by atoms with Crippen LogP contribution in [0.4, 0.5) is 0 Å². The smallest absolute Gasteiger partial charge is 0.0772 e. The highest BCUT2D eigenvalue weighted by Gasteiger charge is 2.89. The maximum absolute atomic E-state index is 6.94. The fourth-order valence-corrected chi connectivity index (χ4v) is 6.38. The summed E-state index contributed by atoms with van der Waals surface area (Å²) in [5, 5.41) is 0. The van der Waals surface area contributed by atoms with Gasteiger partial charge in [0.2, 0.25) is 0 Å². The molecule has 6 aliphatic carbocycles. The predicted molar refractivity (Wildman–Crippen MR) is 53.1 cm³/mol. The van der Waals surface area contributed by atoms with Gasteiger partial charge in [-0.2, -0.15) is 0 Å². The molecule has 0 spiro atoms. The summed E-state index contributed by atoms with van der Waals surface area (Å²) in [6.45, 7) is 0. The molecule has 0 N–H and O–H groups in total. The van der Waals surface area contributed by atoms with E-state index in [4.69, 9.17) is 16.3 Å². The fourth-order valence-electron chi connectivity index (χ4n) is 5.65.